The Kier molecular flexibility index (Phi) is 4.27. The quantitative estimate of drug-likeness (QED) is 0.677. The highest BCUT2D eigenvalue weighted by atomic mass is 19.1. The van der Waals surface area contributed by atoms with Gasteiger partial charge >= 0.3 is 5.97 Å². The molecule has 0 aliphatic heterocycles. The van der Waals surface area contributed by atoms with Crippen LogP contribution in [0.25, 0.3) is 0 Å². The van der Waals surface area contributed by atoms with E-state index < -0.39 is 22.6 Å². The number of carboxylic acids is 1. The molecular formula is C15H12FNO4. The summed E-state index contributed by atoms with van der Waals surface area (Å²) in [4.78, 5) is 21.8. The molecule has 0 radical (unpaired) electrons. The normalized spacial score (nSPS) is 11.9. The van der Waals surface area contributed by atoms with Gasteiger partial charge in [0.1, 0.15) is 5.82 Å². The lowest BCUT2D eigenvalue weighted by Gasteiger charge is -2.13. The molecule has 0 aliphatic carbocycles. The third kappa shape index (κ3) is 3.42. The van der Waals surface area contributed by atoms with Gasteiger partial charge in [0.05, 0.1) is 10.8 Å². The number of nitrogens with zero attached hydrogens (tertiary/aromatic N) is 1. The van der Waals surface area contributed by atoms with Gasteiger partial charge in [-0.25, -0.2) is 4.39 Å². The molecule has 0 spiro atoms. The molecule has 2 aromatic rings. The standard InChI is InChI=1S/C15H12FNO4/c16-12-6-3-5-10(8-12)13(15(18)19)9-11-4-1-2-7-14(11)17(20)21/h1-8,13H,9H2,(H,18,19). The zero-order valence-corrected chi connectivity index (χ0v) is 10.9. The van der Waals surface area contributed by atoms with Crippen molar-refractivity contribution in [3.8, 4) is 0 Å². The summed E-state index contributed by atoms with van der Waals surface area (Å²) < 4.78 is 13.2. The SMILES string of the molecule is O=C(O)C(Cc1ccccc1[N+](=O)[O-])c1cccc(F)c1. The van der Waals surface area contributed by atoms with E-state index in [1.165, 1.54) is 36.4 Å². The minimum atomic E-state index is -1.15. The summed E-state index contributed by atoms with van der Waals surface area (Å²) in [5.74, 6) is -2.73. The number of nitro groups is 1. The third-order valence-corrected chi connectivity index (χ3v) is 3.16. The molecule has 0 saturated heterocycles. The molecule has 1 atom stereocenters. The Hall–Kier alpha value is -2.76. The van der Waals surface area contributed by atoms with Crippen LogP contribution >= 0.6 is 0 Å². The van der Waals surface area contributed by atoms with Gasteiger partial charge in [0, 0.05) is 11.6 Å². The first-order valence-electron chi connectivity index (χ1n) is 6.19. The summed E-state index contributed by atoms with van der Waals surface area (Å²) >= 11 is 0. The highest BCUT2D eigenvalue weighted by molar-refractivity contribution is 5.76. The molecule has 0 bridgehead atoms. The lowest BCUT2D eigenvalue weighted by Crippen LogP contribution is -2.15. The molecule has 0 amide bonds. The number of carbonyl (C=O) groups is 1. The zero-order valence-electron chi connectivity index (χ0n) is 10.9. The summed E-state index contributed by atoms with van der Waals surface area (Å²) in [6.45, 7) is 0. The topological polar surface area (TPSA) is 80.4 Å². The van der Waals surface area contributed by atoms with Crippen molar-refractivity contribution in [2.24, 2.45) is 0 Å². The van der Waals surface area contributed by atoms with Crippen LogP contribution in [-0.4, -0.2) is 16.0 Å². The summed E-state index contributed by atoms with van der Waals surface area (Å²) in [5, 5.41) is 20.3. The van der Waals surface area contributed by atoms with Gasteiger partial charge in [-0.2, -0.15) is 0 Å². The predicted molar refractivity (Wildman–Crippen MR) is 73.6 cm³/mol. The molecule has 0 aliphatic rings. The van der Waals surface area contributed by atoms with E-state index in [4.69, 9.17) is 0 Å². The largest absolute Gasteiger partial charge is 0.481 e. The number of carboxylic acid groups (broad SMARTS) is 1. The maximum atomic E-state index is 13.2. The molecule has 2 rings (SSSR count). The first-order valence-corrected chi connectivity index (χ1v) is 6.19. The van der Waals surface area contributed by atoms with E-state index in [1.54, 1.807) is 6.07 Å². The summed E-state index contributed by atoms with van der Waals surface area (Å²) in [7, 11) is 0. The van der Waals surface area contributed by atoms with E-state index in [0.717, 1.165) is 6.07 Å². The van der Waals surface area contributed by atoms with E-state index in [9.17, 15) is 24.4 Å². The smallest absolute Gasteiger partial charge is 0.311 e. The van der Waals surface area contributed by atoms with Crippen LogP contribution in [0.15, 0.2) is 48.5 Å². The first kappa shape index (κ1) is 14.6. The number of rotatable bonds is 5. The van der Waals surface area contributed by atoms with E-state index in [1.807, 2.05) is 0 Å². The van der Waals surface area contributed by atoms with Gasteiger partial charge in [0.2, 0.25) is 0 Å². The van der Waals surface area contributed by atoms with Crippen LogP contribution in [0, 0.1) is 15.9 Å². The van der Waals surface area contributed by atoms with Crippen LogP contribution in [0.3, 0.4) is 0 Å². The van der Waals surface area contributed by atoms with Crippen LogP contribution in [0.5, 0.6) is 0 Å². The molecule has 0 aromatic heterocycles. The number of hydrogen-bond acceptors (Lipinski definition) is 3. The second-order valence-corrected chi connectivity index (χ2v) is 4.54. The average molecular weight is 289 g/mol. The Morgan fingerprint density at radius 1 is 1.24 bits per heavy atom. The van der Waals surface area contributed by atoms with Crippen molar-refractivity contribution in [2.75, 3.05) is 0 Å². The highest BCUT2D eigenvalue weighted by Gasteiger charge is 2.24. The van der Waals surface area contributed by atoms with Gasteiger partial charge in [-0.05, 0) is 24.1 Å². The van der Waals surface area contributed by atoms with Crippen molar-refractivity contribution in [3.05, 3.63) is 75.6 Å². The minimum Gasteiger partial charge on any atom is -0.481 e. The highest BCUT2D eigenvalue weighted by Crippen LogP contribution is 2.27. The maximum absolute atomic E-state index is 13.2. The number of nitro benzene ring substituents is 1. The minimum absolute atomic E-state index is 0.0735. The number of halogens is 1. The lowest BCUT2D eigenvalue weighted by molar-refractivity contribution is -0.385. The zero-order chi connectivity index (χ0) is 15.4. The van der Waals surface area contributed by atoms with E-state index >= 15 is 0 Å². The Morgan fingerprint density at radius 3 is 2.57 bits per heavy atom. The van der Waals surface area contributed by atoms with Crippen molar-refractivity contribution < 1.29 is 19.2 Å². The van der Waals surface area contributed by atoms with Gasteiger partial charge in [-0.15, -0.1) is 0 Å². The number of benzene rings is 2. The average Bonchev–Trinajstić information content (AvgIpc) is 2.44. The second kappa shape index (κ2) is 6.13. The Morgan fingerprint density at radius 2 is 1.95 bits per heavy atom. The van der Waals surface area contributed by atoms with Gasteiger partial charge in [0.25, 0.3) is 5.69 Å². The molecule has 0 fully saturated rings. The van der Waals surface area contributed by atoms with Crippen molar-refractivity contribution in [3.63, 3.8) is 0 Å². The molecule has 21 heavy (non-hydrogen) atoms. The number of para-hydroxylation sites is 1. The fraction of sp³-hybridized carbons (Fsp3) is 0.133. The van der Waals surface area contributed by atoms with Gasteiger partial charge in [-0.1, -0.05) is 30.3 Å². The molecule has 0 heterocycles. The molecule has 2 aromatic carbocycles. The fourth-order valence-corrected chi connectivity index (χ4v) is 2.15. The van der Waals surface area contributed by atoms with Crippen LogP contribution in [0.1, 0.15) is 17.0 Å². The van der Waals surface area contributed by atoms with E-state index in [2.05, 4.69) is 0 Å². The molecule has 5 nitrogen and oxygen atoms in total. The first-order chi connectivity index (χ1) is 9.99. The van der Waals surface area contributed by atoms with Crippen LogP contribution < -0.4 is 0 Å². The van der Waals surface area contributed by atoms with Crippen LogP contribution in [-0.2, 0) is 11.2 Å². The summed E-state index contributed by atoms with van der Waals surface area (Å²) in [6.07, 6.45) is -0.0735. The van der Waals surface area contributed by atoms with Gasteiger partial charge < -0.3 is 5.11 Å². The Labute approximate surface area is 119 Å². The second-order valence-electron chi connectivity index (χ2n) is 4.54. The van der Waals surface area contributed by atoms with Crippen LogP contribution in [0.4, 0.5) is 10.1 Å². The van der Waals surface area contributed by atoms with Crippen molar-refractivity contribution in [2.45, 2.75) is 12.3 Å². The molecule has 6 heteroatoms. The Balaban J connectivity index is 2.38. The molecule has 108 valence electrons. The molecule has 1 unspecified atom stereocenters. The monoisotopic (exact) mass is 289 g/mol. The van der Waals surface area contributed by atoms with E-state index in [-0.39, 0.29) is 17.7 Å². The van der Waals surface area contributed by atoms with Crippen LogP contribution in [0.2, 0.25) is 0 Å². The molecular weight excluding hydrogens is 277 g/mol. The van der Waals surface area contributed by atoms with Crippen molar-refractivity contribution in [1.29, 1.82) is 0 Å². The van der Waals surface area contributed by atoms with Gasteiger partial charge in [0.15, 0.2) is 0 Å². The summed E-state index contributed by atoms with van der Waals surface area (Å²) in [5.41, 5.74) is 0.444. The van der Waals surface area contributed by atoms with E-state index in [0.29, 0.717) is 5.56 Å². The maximum Gasteiger partial charge on any atom is 0.311 e. The predicted octanol–water partition coefficient (Wildman–Crippen LogP) is 3.14. The summed E-state index contributed by atoms with van der Waals surface area (Å²) in [6, 6.07) is 11.2. The Bertz CT molecular complexity index is 687. The number of hydrogen-bond donors (Lipinski definition) is 1. The third-order valence-electron chi connectivity index (χ3n) is 3.16. The molecule has 0 saturated carbocycles. The van der Waals surface area contributed by atoms with Crippen molar-refractivity contribution in [1.82, 2.24) is 0 Å². The lowest BCUT2D eigenvalue weighted by atomic mass is 9.91. The van der Waals surface area contributed by atoms with Gasteiger partial charge in [-0.3, -0.25) is 14.9 Å². The fourth-order valence-electron chi connectivity index (χ4n) is 2.15. The molecule has 1 N–H and O–H groups in total. The number of aliphatic carboxylic acids is 1. The van der Waals surface area contributed by atoms with Crippen molar-refractivity contribution >= 4 is 11.7 Å².